The molecule has 0 saturated carbocycles. The van der Waals surface area contributed by atoms with Crippen LogP contribution in [-0.4, -0.2) is 37.8 Å². The summed E-state index contributed by atoms with van der Waals surface area (Å²) in [7, 11) is 1.67. The number of aromatic nitrogens is 1. The van der Waals surface area contributed by atoms with Gasteiger partial charge in [0.15, 0.2) is 0 Å². The molecule has 1 aromatic carbocycles. The van der Waals surface area contributed by atoms with Crippen LogP contribution in [0.4, 0.5) is 0 Å². The minimum atomic E-state index is -0.189. The van der Waals surface area contributed by atoms with Crippen molar-refractivity contribution in [3.05, 3.63) is 45.4 Å². The molecule has 0 radical (unpaired) electrons. The van der Waals surface area contributed by atoms with Crippen molar-refractivity contribution in [2.75, 3.05) is 26.9 Å². The highest BCUT2D eigenvalue weighted by Crippen LogP contribution is 2.21. The number of nitrogens with two attached hydrogens (primary N) is 1. The van der Waals surface area contributed by atoms with E-state index in [2.05, 4.69) is 10.3 Å². The van der Waals surface area contributed by atoms with Crippen LogP contribution in [0.2, 0.25) is 0 Å². The minimum Gasteiger partial charge on any atom is -0.493 e. The zero-order valence-electron chi connectivity index (χ0n) is 15.1. The molecule has 2 aromatic rings. The van der Waals surface area contributed by atoms with Crippen molar-refractivity contribution in [1.29, 1.82) is 0 Å². The average molecular weight is 400 g/mol. The topological polar surface area (TPSA) is 86.5 Å². The summed E-state index contributed by atoms with van der Waals surface area (Å²) in [6.45, 7) is 4.17. The zero-order chi connectivity index (χ0) is 18.1. The summed E-state index contributed by atoms with van der Waals surface area (Å²) in [6, 6.07) is 5.96. The molecule has 0 bridgehead atoms. The molecule has 26 heavy (non-hydrogen) atoms. The van der Waals surface area contributed by atoms with Crippen LogP contribution in [0.1, 0.15) is 33.0 Å². The number of benzene rings is 1. The number of aryl methyl sites for hydroxylation is 1. The van der Waals surface area contributed by atoms with E-state index in [4.69, 9.17) is 15.2 Å². The molecular weight excluding hydrogens is 374 g/mol. The molecule has 3 N–H and O–H groups in total. The molecular formula is C18H26ClN3O3S. The normalized spacial score (nSPS) is 10.3. The largest absolute Gasteiger partial charge is 0.493 e. The quantitative estimate of drug-likeness (QED) is 0.600. The molecule has 0 unspecified atom stereocenters. The first-order valence-electron chi connectivity index (χ1n) is 8.28. The molecule has 144 valence electrons. The Morgan fingerprint density at radius 1 is 1.35 bits per heavy atom. The fraction of sp³-hybridized carbons (Fsp3) is 0.444. The highest BCUT2D eigenvalue weighted by atomic mass is 35.5. The maximum absolute atomic E-state index is 12.3. The lowest BCUT2D eigenvalue weighted by molar-refractivity contribution is 0.0946. The Balaban J connectivity index is 0.00000338. The number of hydrogen-bond acceptors (Lipinski definition) is 6. The van der Waals surface area contributed by atoms with Crippen LogP contribution < -0.4 is 15.8 Å². The van der Waals surface area contributed by atoms with Gasteiger partial charge in [-0.3, -0.25) is 4.79 Å². The van der Waals surface area contributed by atoms with E-state index in [9.17, 15) is 4.79 Å². The van der Waals surface area contributed by atoms with E-state index in [1.165, 1.54) is 11.3 Å². The molecule has 1 aromatic heterocycles. The van der Waals surface area contributed by atoms with E-state index in [0.717, 1.165) is 28.3 Å². The second-order valence-corrected chi connectivity index (χ2v) is 6.60. The number of carbonyl (C=O) groups excluding carboxylic acids is 1. The van der Waals surface area contributed by atoms with Gasteiger partial charge in [-0.1, -0.05) is 12.1 Å². The van der Waals surface area contributed by atoms with Gasteiger partial charge in [-0.2, -0.15) is 0 Å². The molecule has 0 aliphatic rings. The first kappa shape index (κ1) is 22.4. The van der Waals surface area contributed by atoms with Crippen molar-refractivity contribution in [2.45, 2.75) is 26.3 Å². The molecule has 8 heteroatoms. The summed E-state index contributed by atoms with van der Waals surface area (Å²) >= 11 is 1.46. The number of ether oxygens (including phenoxy) is 2. The van der Waals surface area contributed by atoms with Gasteiger partial charge < -0.3 is 20.5 Å². The van der Waals surface area contributed by atoms with Gasteiger partial charge in [0.05, 0.1) is 11.6 Å². The number of amides is 1. The van der Waals surface area contributed by atoms with E-state index in [0.29, 0.717) is 38.4 Å². The summed E-state index contributed by atoms with van der Waals surface area (Å²) < 4.78 is 10.9. The Labute approximate surface area is 164 Å². The SMILES string of the molecule is COCCCOc1cc(C)ccc1CNC(=O)c1csc(CCN)n1.Cl. The van der Waals surface area contributed by atoms with Crippen LogP contribution in [0, 0.1) is 6.92 Å². The Bertz CT molecular complexity index is 694. The van der Waals surface area contributed by atoms with Gasteiger partial charge in [0.25, 0.3) is 5.91 Å². The Morgan fingerprint density at radius 2 is 2.15 bits per heavy atom. The smallest absolute Gasteiger partial charge is 0.271 e. The van der Waals surface area contributed by atoms with Crippen molar-refractivity contribution in [3.63, 3.8) is 0 Å². The van der Waals surface area contributed by atoms with Gasteiger partial charge >= 0.3 is 0 Å². The second-order valence-electron chi connectivity index (χ2n) is 5.65. The second kappa shape index (κ2) is 11.9. The number of halogens is 1. The van der Waals surface area contributed by atoms with E-state index >= 15 is 0 Å². The van der Waals surface area contributed by atoms with Crippen molar-refractivity contribution < 1.29 is 14.3 Å². The lowest BCUT2D eigenvalue weighted by atomic mass is 10.1. The fourth-order valence-electron chi connectivity index (χ4n) is 2.25. The standard InChI is InChI=1S/C18H25N3O3S.ClH/c1-13-4-5-14(16(10-13)24-9-3-8-23-2)11-20-18(22)15-12-25-17(21-15)6-7-19;/h4-5,10,12H,3,6-9,11,19H2,1-2H3,(H,20,22);1H. The summed E-state index contributed by atoms with van der Waals surface area (Å²) in [4.78, 5) is 16.6. The molecule has 0 saturated heterocycles. The summed E-state index contributed by atoms with van der Waals surface area (Å²) in [5, 5.41) is 5.54. The van der Waals surface area contributed by atoms with Gasteiger partial charge in [-0.25, -0.2) is 4.98 Å². The monoisotopic (exact) mass is 399 g/mol. The maximum atomic E-state index is 12.3. The van der Waals surface area contributed by atoms with Crippen molar-refractivity contribution in [1.82, 2.24) is 10.3 Å². The number of nitrogens with one attached hydrogen (secondary N) is 1. The zero-order valence-corrected chi connectivity index (χ0v) is 16.8. The molecule has 0 aliphatic heterocycles. The summed E-state index contributed by atoms with van der Waals surface area (Å²) in [6.07, 6.45) is 1.51. The third-order valence-corrected chi connectivity index (χ3v) is 4.46. The maximum Gasteiger partial charge on any atom is 0.271 e. The van der Waals surface area contributed by atoms with Gasteiger partial charge in [0.1, 0.15) is 11.4 Å². The van der Waals surface area contributed by atoms with Gasteiger partial charge in [0.2, 0.25) is 0 Å². The van der Waals surface area contributed by atoms with E-state index < -0.39 is 0 Å². The lowest BCUT2D eigenvalue weighted by Gasteiger charge is -2.13. The van der Waals surface area contributed by atoms with Crippen LogP contribution in [0.5, 0.6) is 5.75 Å². The number of carbonyl (C=O) groups is 1. The van der Waals surface area contributed by atoms with Gasteiger partial charge in [-0.15, -0.1) is 23.7 Å². The third-order valence-electron chi connectivity index (χ3n) is 3.56. The van der Waals surface area contributed by atoms with E-state index in [-0.39, 0.29) is 18.3 Å². The lowest BCUT2D eigenvalue weighted by Crippen LogP contribution is -2.23. The van der Waals surface area contributed by atoms with Crippen molar-refractivity contribution in [2.24, 2.45) is 5.73 Å². The summed E-state index contributed by atoms with van der Waals surface area (Å²) in [5.41, 5.74) is 8.00. The van der Waals surface area contributed by atoms with Crippen molar-refractivity contribution in [3.8, 4) is 5.75 Å². The number of nitrogens with zero attached hydrogens (tertiary/aromatic N) is 1. The molecule has 0 atom stereocenters. The third kappa shape index (κ3) is 6.92. The van der Waals surface area contributed by atoms with E-state index in [1.807, 2.05) is 25.1 Å². The Morgan fingerprint density at radius 3 is 2.88 bits per heavy atom. The predicted octanol–water partition coefficient (Wildman–Crippen LogP) is 2.72. The highest BCUT2D eigenvalue weighted by Gasteiger charge is 2.12. The number of thiazole rings is 1. The number of methoxy groups -OCH3 is 1. The fourth-order valence-corrected chi connectivity index (χ4v) is 3.04. The van der Waals surface area contributed by atoms with Gasteiger partial charge in [0, 0.05) is 44.0 Å². The van der Waals surface area contributed by atoms with Crippen LogP contribution in [-0.2, 0) is 17.7 Å². The molecule has 1 heterocycles. The van der Waals surface area contributed by atoms with Crippen LogP contribution in [0.3, 0.4) is 0 Å². The van der Waals surface area contributed by atoms with E-state index in [1.54, 1.807) is 12.5 Å². The minimum absolute atomic E-state index is 0. The van der Waals surface area contributed by atoms with Crippen molar-refractivity contribution >= 4 is 29.7 Å². The van der Waals surface area contributed by atoms with Crippen LogP contribution in [0.25, 0.3) is 0 Å². The predicted molar refractivity (Wildman–Crippen MR) is 106 cm³/mol. The van der Waals surface area contributed by atoms with Gasteiger partial charge in [-0.05, 0) is 25.1 Å². The molecule has 0 fully saturated rings. The van der Waals surface area contributed by atoms with Crippen LogP contribution >= 0.6 is 23.7 Å². The molecule has 1 amide bonds. The highest BCUT2D eigenvalue weighted by molar-refractivity contribution is 7.09. The summed E-state index contributed by atoms with van der Waals surface area (Å²) in [5.74, 6) is 0.601. The molecule has 2 rings (SSSR count). The first-order chi connectivity index (χ1) is 12.1. The number of rotatable bonds is 10. The molecule has 0 aliphatic carbocycles. The Kier molecular flexibility index (Phi) is 10.2. The number of hydrogen-bond donors (Lipinski definition) is 2. The van der Waals surface area contributed by atoms with Crippen LogP contribution in [0.15, 0.2) is 23.6 Å². The Hall–Kier alpha value is -1.67. The first-order valence-corrected chi connectivity index (χ1v) is 9.16. The molecule has 0 spiro atoms. The molecule has 6 nitrogen and oxygen atoms in total. The average Bonchev–Trinajstić information content (AvgIpc) is 3.07.